The maximum atomic E-state index is 11.8. The SMILES string of the molecule is Cc1cn([C@H]2C[C@@H](O)[C@]3(CO)C[C@H]23)c(=O)[nH]c1=O. The molecule has 0 amide bonds. The lowest BCUT2D eigenvalue weighted by Crippen LogP contribution is -2.33. The van der Waals surface area contributed by atoms with E-state index in [-0.39, 0.29) is 24.1 Å². The first-order valence-corrected chi connectivity index (χ1v) is 6.10. The number of nitrogens with zero attached hydrogens (tertiary/aromatic N) is 1. The minimum Gasteiger partial charge on any atom is -0.396 e. The Morgan fingerprint density at radius 2 is 2.28 bits per heavy atom. The zero-order valence-corrected chi connectivity index (χ0v) is 10.1. The maximum Gasteiger partial charge on any atom is 0.328 e. The van der Waals surface area contributed by atoms with E-state index in [1.165, 1.54) is 4.57 Å². The average molecular weight is 252 g/mol. The number of aryl methyl sites for hydroxylation is 1. The Bertz CT molecular complexity index is 605. The summed E-state index contributed by atoms with van der Waals surface area (Å²) in [6, 6.07) is -0.129. The molecule has 0 spiro atoms. The van der Waals surface area contributed by atoms with Gasteiger partial charge in [0.05, 0.1) is 12.7 Å². The van der Waals surface area contributed by atoms with Crippen molar-refractivity contribution in [3.8, 4) is 0 Å². The Hall–Kier alpha value is -1.40. The van der Waals surface area contributed by atoms with Gasteiger partial charge in [-0.15, -0.1) is 0 Å². The molecular weight excluding hydrogens is 236 g/mol. The number of fused-ring (bicyclic) bond motifs is 1. The molecule has 1 heterocycles. The van der Waals surface area contributed by atoms with E-state index in [0.29, 0.717) is 12.0 Å². The van der Waals surface area contributed by atoms with Crippen LogP contribution in [0, 0.1) is 18.3 Å². The molecule has 2 saturated carbocycles. The molecule has 3 rings (SSSR count). The molecule has 2 aliphatic rings. The number of hydrogen-bond donors (Lipinski definition) is 3. The van der Waals surface area contributed by atoms with Gasteiger partial charge >= 0.3 is 5.69 Å². The molecular formula is C12H16N2O4. The van der Waals surface area contributed by atoms with Crippen LogP contribution in [0.3, 0.4) is 0 Å². The minimum atomic E-state index is -0.573. The predicted molar refractivity (Wildman–Crippen MR) is 63.3 cm³/mol. The van der Waals surface area contributed by atoms with Crippen LogP contribution in [0.1, 0.15) is 24.4 Å². The van der Waals surface area contributed by atoms with Gasteiger partial charge in [-0.1, -0.05) is 0 Å². The molecule has 0 unspecified atom stereocenters. The second kappa shape index (κ2) is 3.55. The summed E-state index contributed by atoms with van der Waals surface area (Å²) in [5, 5.41) is 19.4. The monoisotopic (exact) mass is 252 g/mol. The Balaban J connectivity index is 2.02. The number of aliphatic hydroxyl groups is 2. The van der Waals surface area contributed by atoms with Crippen molar-refractivity contribution in [3.05, 3.63) is 32.6 Å². The van der Waals surface area contributed by atoms with Gasteiger partial charge in [0, 0.05) is 23.2 Å². The molecule has 98 valence electrons. The highest BCUT2D eigenvalue weighted by atomic mass is 16.3. The molecule has 2 aliphatic carbocycles. The van der Waals surface area contributed by atoms with Gasteiger partial charge in [0.15, 0.2) is 0 Å². The molecule has 0 aromatic carbocycles. The van der Waals surface area contributed by atoms with Crippen molar-refractivity contribution in [2.75, 3.05) is 6.61 Å². The van der Waals surface area contributed by atoms with E-state index in [9.17, 15) is 19.8 Å². The highest BCUT2D eigenvalue weighted by Crippen LogP contribution is 2.66. The first-order valence-electron chi connectivity index (χ1n) is 6.10. The summed E-state index contributed by atoms with van der Waals surface area (Å²) in [7, 11) is 0. The fraction of sp³-hybridized carbons (Fsp3) is 0.667. The van der Waals surface area contributed by atoms with Crippen LogP contribution in [0.5, 0.6) is 0 Å². The molecule has 18 heavy (non-hydrogen) atoms. The lowest BCUT2D eigenvalue weighted by Gasteiger charge is -2.17. The number of nitrogens with one attached hydrogen (secondary N) is 1. The molecule has 6 nitrogen and oxygen atoms in total. The van der Waals surface area contributed by atoms with Crippen LogP contribution in [0.2, 0.25) is 0 Å². The van der Waals surface area contributed by atoms with Crippen LogP contribution < -0.4 is 11.2 Å². The normalized spacial score (nSPS) is 37.6. The smallest absolute Gasteiger partial charge is 0.328 e. The summed E-state index contributed by atoms with van der Waals surface area (Å²) in [5.74, 6) is 0.125. The Morgan fingerprint density at radius 1 is 1.56 bits per heavy atom. The predicted octanol–water partition coefficient (Wildman–Crippen LogP) is -0.851. The summed E-state index contributed by atoms with van der Waals surface area (Å²) < 4.78 is 1.50. The van der Waals surface area contributed by atoms with Gasteiger partial charge in [-0.2, -0.15) is 0 Å². The van der Waals surface area contributed by atoms with Crippen molar-refractivity contribution >= 4 is 0 Å². The highest BCUT2D eigenvalue weighted by Gasteiger charge is 2.67. The topological polar surface area (TPSA) is 95.3 Å². The van der Waals surface area contributed by atoms with Crippen LogP contribution in [-0.2, 0) is 0 Å². The van der Waals surface area contributed by atoms with E-state index < -0.39 is 17.2 Å². The molecule has 2 fully saturated rings. The van der Waals surface area contributed by atoms with E-state index >= 15 is 0 Å². The van der Waals surface area contributed by atoms with Gasteiger partial charge in [0.2, 0.25) is 0 Å². The number of hydrogen-bond acceptors (Lipinski definition) is 4. The molecule has 3 N–H and O–H groups in total. The zero-order chi connectivity index (χ0) is 13.1. The van der Waals surface area contributed by atoms with Crippen molar-refractivity contribution in [2.24, 2.45) is 11.3 Å². The van der Waals surface area contributed by atoms with Crippen molar-refractivity contribution in [2.45, 2.75) is 31.9 Å². The van der Waals surface area contributed by atoms with Crippen LogP contribution in [0.4, 0.5) is 0 Å². The molecule has 6 heteroatoms. The summed E-state index contributed by atoms with van der Waals surface area (Å²) in [5.41, 5.74) is -0.762. The van der Waals surface area contributed by atoms with Crippen molar-refractivity contribution in [1.29, 1.82) is 0 Å². The van der Waals surface area contributed by atoms with Gasteiger partial charge < -0.3 is 10.2 Å². The molecule has 0 radical (unpaired) electrons. The number of H-pyrrole nitrogens is 1. The van der Waals surface area contributed by atoms with E-state index in [2.05, 4.69) is 4.98 Å². The van der Waals surface area contributed by atoms with Crippen LogP contribution in [0.25, 0.3) is 0 Å². The van der Waals surface area contributed by atoms with E-state index in [0.717, 1.165) is 6.42 Å². The fourth-order valence-electron chi connectivity index (χ4n) is 3.31. The third kappa shape index (κ3) is 1.36. The van der Waals surface area contributed by atoms with E-state index in [1.54, 1.807) is 13.1 Å². The van der Waals surface area contributed by atoms with Gasteiger partial charge in [0.25, 0.3) is 5.56 Å². The quantitative estimate of drug-likeness (QED) is 0.639. The summed E-state index contributed by atoms with van der Waals surface area (Å²) in [4.78, 5) is 25.4. The molecule has 1 aromatic rings. The van der Waals surface area contributed by atoms with Crippen molar-refractivity contribution in [1.82, 2.24) is 9.55 Å². The molecule has 0 saturated heterocycles. The summed E-state index contributed by atoms with van der Waals surface area (Å²) in [6.45, 7) is 1.60. The number of aliphatic hydroxyl groups excluding tert-OH is 2. The van der Waals surface area contributed by atoms with E-state index in [1.807, 2.05) is 0 Å². The number of rotatable bonds is 2. The van der Waals surface area contributed by atoms with E-state index in [4.69, 9.17) is 0 Å². The lowest BCUT2D eigenvalue weighted by molar-refractivity contribution is 0.0599. The van der Waals surface area contributed by atoms with Gasteiger partial charge in [-0.3, -0.25) is 14.3 Å². The molecule has 1 aromatic heterocycles. The first-order chi connectivity index (χ1) is 8.49. The third-order valence-corrected chi connectivity index (χ3v) is 4.57. The lowest BCUT2D eigenvalue weighted by atomic mass is 10.0. The number of aromatic nitrogens is 2. The van der Waals surface area contributed by atoms with Crippen molar-refractivity contribution in [3.63, 3.8) is 0 Å². The minimum absolute atomic E-state index is 0.0492. The second-order valence-corrected chi connectivity index (χ2v) is 5.50. The molecule has 0 bridgehead atoms. The van der Waals surface area contributed by atoms with Crippen LogP contribution in [-0.4, -0.2) is 32.5 Å². The standard InChI is InChI=1S/C12H16N2O4/c1-6-4-14(11(18)13-10(6)17)8-2-9(16)12(5-15)3-7(8)12/h4,7-9,15-16H,2-3,5H2,1H3,(H,13,17,18)/t7-,8+,9-,12+/m1/s1. The zero-order valence-electron chi connectivity index (χ0n) is 10.1. The number of aromatic amines is 1. The van der Waals surface area contributed by atoms with Crippen LogP contribution in [0.15, 0.2) is 15.8 Å². The second-order valence-electron chi connectivity index (χ2n) is 5.50. The Morgan fingerprint density at radius 3 is 2.83 bits per heavy atom. The van der Waals surface area contributed by atoms with Gasteiger partial charge in [0.1, 0.15) is 0 Å². The van der Waals surface area contributed by atoms with Gasteiger partial charge in [-0.05, 0) is 25.7 Å². The fourth-order valence-corrected chi connectivity index (χ4v) is 3.31. The summed E-state index contributed by atoms with van der Waals surface area (Å²) in [6.07, 6.45) is 2.16. The molecule has 4 atom stereocenters. The summed E-state index contributed by atoms with van der Waals surface area (Å²) >= 11 is 0. The maximum absolute atomic E-state index is 11.8. The Kier molecular flexibility index (Phi) is 2.30. The first kappa shape index (κ1) is 11.7. The third-order valence-electron chi connectivity index (χ3n) is 4.57. The average Bonchev–Trinajstić information content (AvgIpc) is 3.01. The molecule has 0 aliphatic heterocycles. The highest BCUT2D eigenvalue weighted by molar-refractivity contribution is 5.17. The van der Waals surface area contributed by atoms with Crippen LogP contribution >= 0.6 is 0 Å². The van der Waals surface area contributed by atoms with Crippen molar-refractivity contribution < 1.29 is 10.2 Å². The Labute approximate surface area is 103 Å². The van der Waals surface area contributed by atoms with Gasteiger partial charge in [-0.25, -0.2) is 4.79 Å². The largest absolute Gasteiger partial charge is 0.396 e.